The van der Waals surface area contributed by atoms with Gasteiger partial charge in [-0.2, -0.15) is 0 Å². The van der Waals surface area contributed by atoms with Gasteiger partial charge in [0.1, 0.15) is 30.2 Å². The molecule has 0 unspecified atom stereocenters. The van der Waals surface area contributed by atoms with E-state index in [9.17, 15) is 35.4 Å². The number of carboxylic acids is 1. The second-order valence-electron chi connectivity index (χ2n) is 10.4. The smallest absolute Gasteiger partial charge is 0.547 e. The molecule has 1 saturated heterocycles. The maximum atomic E-state index is 11.2. The number of aliphatic carboxylic acids is 1. The van der Waals surface area contributed by atoms with Gasteiger partial charge in [-0.05, 0) is 78.5 Å². The maximum Gasteiger partial charge on any atom is 1.00 e. The first-order chi connectivity index (χ1) is 15.6. The molecule has 1 heterocycles. The average molecular weight is 486 g/mol. The monoisotopic (exact) mass is 486 g/mol. The zero-order valence-corrected chi connectivity index (χ0v) is 21.4. The van der Waals surface area contributed by atoms with E-state index in [2.05, 4.69) is 6.92 Å². The van der Waals surface area contributed by atoms with Crippen molar-refractivity contribution in [3.63, 3.8) is 0 Å². The number of benzene rings is 1. The molecule has 0 spiro atoms. The van der Waals surface area contributed by atoms with Crippen LogP contribution in [0.3, 0.4) is 0 Å². The maximum absolute atomic E-state index is 11.2. The van der Waals surface area contributed by atoms with Crippen LogP contribution >= 0.6 is 0 Å². The molecule has 182 valence electrons. The molecule has 1 aliphatic heterocycles. The largest absolute Gasteiger partial charge is 1.00 e. The molecular weight excluding hydrogens is 455 g/mol. The molecule has 0 bridgehead atoms. The Morgan fingerprint density at radius 2 is 1.85 bits per heavy atom. The molecule has 5 N–H and O–H groups in total. The zero-order valence-electron chi connectivity index (χ0n) is 19.4. The quantitative estimate of drug-likeness (QED) is 0.267. The minimum Gasteiger partial charge on any atom is -0.547 e. The summed E-state index contributed by atoms with van der Waals surface area (Å²) in [5.74, 6) is -0.354. The van der Waals surface area contributed by atoms with Crippen LogP contribution in [0.4, 0.5) is 0 Å². The molecule has 10 heteroatoms. The van der Waals surface area contributed by atoms with Gasteiger partial charge in [0.25, 0.3) is 0 Å². The van der Waals surface area contributed by atoms with E-state index in [-0.39, 0.29) is 40.9 Å². The Kier molecular flexibility index (Phi) is 7.44. The van der Waals surface area contributed by atoms with Crippen molar-refractivity contribution in [2.75, 3.05) is 0 Å². The van der Waals surface area contributed by atoms with Crippen LogP contribution in [0.1, 0.15) is 49.7 Å². The van der Waals surface area contributed by atoms with E-state index in [1.807, 2.05) is 12.1 Å². The fourth-order valence-electron chi connectivity index (χ4n) is 6.89. The second kappa shape index (κ2) is 9.61. The Hall–Kier alpha value is -0.750. The number of carbonyl (C=O) groups excluding carboxylic acids is 1. The van der Waals surface area contributed by atoms with Gasteiger partial charge in [0.05, 0.1) is 18.2 Å². The molecule has 0 amide bonds. The van der Waals surface area contributed by atoms with Gasteiger partial charge >= 0.3 is 29.6 Å². The van der Waals surface area contributed by atoms with Crippen LogP contribution in [0.5, 0.6) is 5.75 Å². The molecule has 1 aromatic carbocycles. The van der Waals surface area contributed by atoms with Crippen LogP contribution in [-0.4, -0.2) is 74.4 Å². The van der Waals surface area contributed by atoms with Crippen molar-refractivity contribution in [2.45, 2.75) is 87.9 Å². The summed E-state index contributed by atoms with van der Waals surface area (Å²) >= 11 is 0. The van der Waals surface area contributed by atoms with E-state index < -0.39 is 48.9 Å². The summed E-state index contributed by atoms with van der Waals surface area (Å²) in [5.41, 5.74) is 2.06. The fraction of sp³-hybridized carbons (Fsp3) is 0.708. The van der Waals surface area contributed by atoms with E-state index in [4.69, 9.17) is 9.47 Å². The Bertz CT molecular complexity index is 928. The molecule has 9 nitrogen and oxygen atoms in total. The molecule has 2 saturated carbocycles. The third-order valence-electron chi connectivity index (χ3n) is 8.73. The summed E-state index contributed by atoms with van der Waals surface area (Å²) in [6, 6.07) is 5.55. The third kappa shape index (κ3) is 4.13. The third-order valence-corrected chi connectivity index (χ3v) is 8.73. The van der Waals surface area contributed by atoms with Gasteiger partial charge in [0.15, 0.2) is 0 Å². The topological polar surface area (TPSA) is 160 Å². The van der Waals surface area contributed by atoms with Crippen molar-refractivity contribution in [3.05, 3.63) is 29.3 Å². The molecule has 4 aliphatic rings. The number of aliphatic hydroxyl groups is 5. The average Bonchev–Trinajstić information content (AvgIpc) is 3.02. The summed E-state index contributed by atoms with van der Waals surface area (Å²) in [6.45, 7) is 2.10. The van der Waals surface area contributed by atoms with E-state index in [0.29, 0.717) is 24.0 Å². The predicted octanol–water partition coefficient (Wildman–Crippen LogP) is -4.19. The van der Waals surface area contributed by atoms with E-state index in [1.165, 1.54) is 5.56 Å². The number of aliphatic hydroxyl groups excluding tert-OH is 5. The van der Waals surface area contributed by atoms with Gasteiger partial charge in [-0.25, -0.2) is 0 Å². The van der Waals surface area contributed by atoms with Crippen LogP contribution in [0.25, 0.3) is 0 Å². The summed E-state index contributed by atoms with van der Waals surface area (Å²) < 4.78 is 10.8. The fourth-order valence-corrected chi connectivity index (χ4v) is 6.89. The van der Waals surface area contributed by atoms with E-state index >= 15 is 0 Å². The van der Waals surface area contributed by atoms with Crippen molar-refractivity contribution in [1.82, 2.24) is 0 Å². The standard InChI is InChI=1S/C24H32O9.Na/c1-24-7-6-13-12-5-3-11(32-23-19(28)17(26)18(27)20(33-23)22(30)31)8-10(12)2-4-14(13)15(24)9-16(25)21(24)29;/h3,5,8,13-21,23,25-29H,2,4,6-7,9H2,1H3,(H,30,31);/q;+1/p-1/t13-,14-,15+,16-,17+,18+,19-,20+,21+,23-,24+;/m1./s1. The first kappa shape index (κ1) is 26.3. The van der Waals surface area contributed by atoms with Crippen LogP contribution in [0.2, 0.25) is 0 Å². The molecule has 1 aromatic rings. The molecule has 11 atom stereocenters. The summed E-state index contributed by atoms with van der Waals surface area (Å²) in [4.78, 5) is 11.2. The molecule has 5 rings (SSSR count). The summed E-state index contributed by atoms with van der Waals surface area (Å²) in [7, 11) is 0. The van der Waals surface area contributed by atoms with Crippen LogP contribution < -0.4 is 39.4 Å². The number of hydrogen-bond donors (Lipinski definition) is 5. The summed E-state index contributed by atoms with van der Waals surface area (Å²) in [6.07, 6.45) is -5.72. The molecular formula is C24H31NaO9. The minimum atomic E-state index is -1.82. The van der Waals surface area contributed by atoms with Crippen molar-refractivity contribution in [3.8, 4) is 5.75 Å². The predicted molar refractivity (Wildman–Crippen MR) is 111 cm³/mol. The Morgan fingerprint density at radius 1 is 1.12 bits per heavy atom. The number of carboxylic acid groups (broad SMARTS) is 1. The SMILES string of the molecule is C[C@]12CC[C@@H]3c4ccc(O[C@@H]5O[C@H](C(=O)[O-])[C@@H](O)[C@H](O)[C@H]5O)cc4CC[C@H]3[C@@H]1C[C@@H](O)[C@@H]2O.[Na+]. The normalized spacial score (nSPS) is 45.4. The number of carbonyl (C=O) groups is 1. The Morgan fingerprint density at radius 3 is 2.56 bits per heavy atom. The Balaban J connectivity index is 0.00000274. The number of aryl methyl sites for hydroxylation is 1. The van der Waals surface area contributed by atoms with Crippen LogP contribution in [-0.2, 0) is 16.0 Å². The van der Waals surface area contributed by atoms with Crippen LogP contribution in [0.15, 0.2) is 18.2 Å². The van der Waals surface area contributed by atoms with Gasteiger partial charge in [-0.3, -0.25) is 0 Å². The van der Waals surface area contributed by atoms with Gasteiger partial charge in [0.2, 0.25) is 6.29 Å². The minimum absolute atomic E-state index is 0. The van der Waals surface area contributed by atoms with Gasteiger partial charge < -0.3 is 44.9 Å². The van der Waals surface area contributed by atoms with Gasteiger partial charge in [-0.15, -0.1) is 0 Å². The summed E-state index contributed by atoms with van der Waals surface area (Å²) in [5, 5.41) is 62.1. The van der Waals surface area contributed by atoms with Crippen LogP contribution in [0, 0.1) is 17.3 Å². The van der Waals surface area contributed by atoms with Gasteiger partial charge in [0, 0.05) is 0 Å². The van der Waals surface area contributed by atoms with Crippen molar-refractivity contribution < 1.29 is 74.5 Å². The van der Waals surface area contributed by atoms with Crippen molar-refractivity contribution in [1.29, 1.82) is 0 Å². The molecule has 3 fully saturated rings. The Labute approximate surface area is 220 Å². The van der Waals surface area contributed by atoms with E-state index in [0.717, 1.165) is 31.2 Å². The van der Waals surface area contributed by atoms with Crippen molar-refractivity contribution in [2.24, 2.45) is 17.3 Å². The molecule has 3 aliphatic carbocycles. The molecule has 0 aromatic heterocycles. The number of hydrogen-bond acceptors (Lipinski definition) is 9. The van der Waals surface area contributed by atoms with Gasteiger partial charge in [-0.1, -0.05) is 13.0 Å². The molecule has 34 heavy (non-hydrogen) atoms. The van der Waals surface area contributed by atoms with E-state index in [1.54, 1.807) is 6.07 Å². The zero-order chi connectivity index (χ0) is 23.7. The second-order valence-corrected chi connectivity index (χ2v) is 10.4. The first-order valence-corrected chi connectivity index (χ1v) is 11.7. The number of ether oxygens (including phenoxy) is 2. The number of rotatable bonds is 3. The molecule has 0 radical (unpaired) electrons. The first-order valence-electron chi connectivity index (χ1n) is 11.7. The van der Waals surface area contributed by atoms with Crippen molar-refractivity contribution >= 4 is 5.97 Å². The number of fused-ring (bicyclic) bond motifs is 5.